The Morgan fingerprint density at radius 1 is 0.833 bits per heavy atom. The SMILES string of the molecule is c1ccc(CNc2nc(Nc3cnccn3)nc3c2ncn3-c2ccccc2)cc1. The summed E-state index contributed by atoms with van der Waals surface area (Å²) in [6.45, 7) is 0.621. The van der Waals surface area contributed by atoms with Crippen LogP contribution in [0, 0.1) is 0 Å². The average Bonchev–Trinajstić information content (AvgIpc) is 3.23. The highest BCUT2D eigenvalue weighted by atomic mass is 15.2. The van der Waals surface area contributed by atoms with E-state index in [1.54, 1.807) is 24.9 Å². The number of nitrogens with zero attached hydrogens (tertiary/aromatic N) is 6. The van der Waals surface area contributed by atoms with Gasteiger partial charge in [-0.25, -0.2) is 9.97 Å². The van der Waals surface area contributed by atoms with Crippen LogP contribution < -0.4 is 10.6 Å². The Balaban J connectivity index is 1.57. The van der Waals surface area contributed by atoms with Crippen LogP contribution in [0.2, 0.25) is 0 Å². The molecular formula is C22H18N8. The maximum atomic E-state index is 4.69. The third-order valence-corrected chi connectivity index (χ3v) is 4.54. The Labute approximate surface area is 172 Å². The molecule has 3 aromatic heterocycles. The summed E-state index contributed by atoms with van der Waals surface area (Å²) in [5, 5.41) is 6.52. The summed E-state index contributed by atoms with van der Waals surface area (Å²) in [7, 11) is 0. The van der Waals surface area contributed by atoms with Gasteiger partial charge in [-0.2, -0.15) is 9.97 Å². The van der Waals surface area contributed by atoms with Crippen molar-refractivity contribution in [3.63, 3.8) is 0 Å². The Morgan fingerprint density at radius 3 is 2.40 bits per heavy atom. The van der Waals surface area contributed by atoms with Gasteiger partial charge in [-0.3, -0.25) is 9.55 Å². The first-order chi connectivity index (χ1) is 14.9. The second-order valence-electron chi connectivity index (χ2n) is 6.57. The summed E-state index contributed by atoms with van der Waals surface area (Å²) in [6.07, 6.45) is 6.61. The van der Waals surface area contributed by atoms with E-state index in [0.717, 1.165) is 11.3 Å². The molecule has 0 saturated heterocycles. The average molecular weight is 394 g/mol. The van der Waals surface area contributed by atoms with Crippen LogP contribution in [0.15, 0.2) is 85.6 Å². The highest BCUT2D eigenvalue weighted by Crippen LogP contribution is 2.25. The number of para-hydroxylation sites is 1. The number of hydrogen-bond acceptors (Lipinski definition) is 7. The number of imidazole rings is 1. The Kier molecular flexibility index (Phi) is 4.71. The molecule has 2 N–H and O–H groups in total. The molecule has 30 heavy (non-hydrogen) atoms. The molecule has 8 heteroatoms. The number of benzene rings is 2. The first-order valence-electron chi connectivity index (χ1n) is 9.48. The van der Waals surface area contributed by atoms with Gasteiger partial charge >= 0.3 is 0 Å². The summed E-state index contributed by atoms with van der Waals surface area (Å²) in [6, 6.07) is 20.1. The minimum Gasteiger partial charge on any atom is -0.364 e. The van der Waals surface area contributed by atoms with Gasteiger partial charge in [0.1, 0.15) is 6.33 Å². The maximum absolute atomic E-state index is 4.69. The van der Waals surface area contributed by atoms with Crippen molar-refractivity contribution < 1.29 is 0 Å². The highest BCUT2D eigenvalue weighted by Gasteiger charge is 2.15. The highest BCUT2D eigenvalue weighted by molar-refractivity contribution is 5.85. The summed E-state index contributed by atoms with van der Waals surface area (Å²) < 4.78 is 1.94. The zero-order valence-corrected chi connectivity index (χ0v) is 16.0. The van der Waals surface area contributed by atoms with E-state index in [1.165, 1.54) is 0 Å². The van der Waals surface area contributed by atoms with Crippen molar-refractivity contribution in [2.24, 2.45) is 0 Å². The lowest BCUT2D eigenvalue weighted by molar-refractivity contribution is 1.05. The molecule has 0 fully saturated rings. The van der Waals surface area contributed by atoms with Crippen LogP contribution in [-0.4, -0.2) is 29.5 Å². The lowest BCUT2D eigenvalue weighted by Gasteiger charge is -2.10. The van der Waals surface area contributed by atoms with Crippen molar-refractivity contribution in [3.05, 3.63) is 91.1 Å². The standard InChI is InChI=1S/C22H18N8/c1-3-7-16(8-4-1)13-25-20-19-21(30(15-26-19)17-9-5-2-6-10-17)29-22(28-20)27-18-14-23-11-12-24-18/h1-12,14-15H,13H2,(H2,24,25,27,28,29). The summed E-state index contributed by atoms with van der Waals surface area (Å²) >= 11 is 0. The fourth-order valence-electron chi connectivity index (χ4n) is 3.12. The molecule has 0 aliphatic rings. The zero-order valence-electron chi connectivity index (χ0n) is 16.0. The number of anilines is 3. The molecule has 0 aliphatic carbocycles. The molecular weight excluding hydrogens is 376 g/mol. The summed E-state index contributed by atoms with van der Waals surface area (Å²) in [4.78, 5) is 22.2. The molecule has 0 spiro atoms. The smallest absolute Gasteiger partial charge is 0.232 e. The van der Waals surface area contributed by atoms with E-state index in [-0.39, 0.29) is 0 Å². The number of rotatable bonds is 6. The molecule has 5 aromatic rings. The van der Waals surface area contributed by atoms with E-state index in [1.807, 2.05) is 53.1 Å². The molecule has 8 nitrogen and oxygen atoms in total. The monoisotopic (exact) mass is 394 g/mol. The second-order valence-corrected chi connectivity index (χ2v) is 6.57. The molecule has 5 rings (SSSR count). The van der Waals surface area contributed by atoms with Crippen LogP contribution in [0.5, 0.6) is 0 Å². The number of fused-ring (bicyclic) bond motifs is 1. The molecule has 0 atom stereocenters. The first kappa shape index (κ1) is 17.7. The Bertz CT molecular complexity index is 1250. The lowest BCUT2D eigenvalue weighted by atomic mass is 10.2. The summed E-state index contributed by atoms with van der Waals surface area (Å²) in [5.41, 5.74) is 3.51. The van der Waals surface area contributed by atoms with Gasteiger partial charge in [0.2, 0.25) is 5.95 Å². The van der Waals surface area contributed by atoms with Crippen molar-refractivity contribution in [1.82, 2.24) is 29.5 Å². The van der Waals surface area contributed by atoms with Crippen molar-refractivity contribution in [2.45, 2.75) is 6.54 Å². The number of nitrogens with one attached hydrogen (secondary N) is 2. The Hall–Kier alpha value is -4.33. The predicted molar refractivity (Wildman–Crippen MR) is 116 cm³/mol. The molecule has 3 heterocycles. The second kappa shape index (κ2) is 7.96. The van der Waals surface area contributed by atoms with Crippen LogP contribution in [0.25, 0.3) is 16.9 Å². The van der Waals surface area contributed by atoms with Crippen molar-refractivity contribution in [3.8, 4) is 5.69 Å². The summed E-state index contributed by atoms with van der Waals surface area (Å²) in [5.74, 6) is 1.62. The van der Waals surface area contributed by atoms with E-state index in [9.17, 15) is 0 Å². The molecule has 0 amide bonds. The number of aromatic nitrogens is 6. The van der Waals surface area contributed by atoms with Gasteiger partial charge in [-0.1, -0.05) is 48.5 Å². The maximum Gasteiger partial charge on any atom is 0.232 e. The van der Waals surface area contributed by atoms with Crippen LogP contribution in [0.3, 0.4) is 0 Å². The van der Waals surface area contributed by atoms with E-state index >= 15 is 0 Å². The lowest BCUT2D eigenvalue weighted by Crippen LogP contribution is -2.07. The topological polar surface area (TPSA) is 93.4 Å². The molecule has 0 bridgehead atoms. The van der Waals surface area contributed by atoms with E-state index in [0.29, 0.717) is 35.3 Å². The largest absolute Gasteiger partial charge is 0.364 e. The van der Waals surface area contributed by atoms with Crippen LogP contribution in [-0.2, 0) is 6.54 Å². The minimum atomic E-state index is 0.413. The zero-order chi connectivity index (χ0) is 20.2. The van der Waals surface area contributed by atoms with Crippen LogP contribution in [0.1, 0.15) is 5.56 Å². The molecule has 2 aromatic carbocycles. The van der Waals surface area contributed by atoms with Crippen LogP contribution in [0.4, 0.5) is 17.6 Å². The predicted octanol–water partition coefficient (Wildman–Crippen LogP) is 3.96. The number of hydrogen-bond donors (Lipinski definition) is 2. The molecule has 146 valence electrons. The van der Waals surface area contributed by atoms with Crippen molar-refractivity contribution in [2.75, 3.05) is 10.6 Å². The van der Waals surface area contributed by atoms with E-state index in [4.69, 9.17) is 4.98 Å². The quantitative estimate of drug-likeness (QED) is 0.450. The van der Waals surface area contributed by atoms with Crippen molar-refractivity contribution in [1.29, 1.82) is 0 Å². The van der Waals surface area contributed by atoms with Gasteiger partial charge in [0.15, 0.2) is 22.8 Å². The third kappa shape index (κ3) is 3.66. The van der Waals surface area contributed by atoms with Gasteiger partial charge < -0.3 is 10.6 Å². The van der Waals surface area contributed by atoms with Gasteiger partial charge in [0.05, 0.1) is 6.20 Å². The van der Waals surface area contributed by atoms with Gasteiger partial charge in [0, 0.05) is 24.6 Å². The van der Waals surface area contributed by atoms with Gasteiger partial charge in [0.25, 0.3) is 0 Å². The van der Waals surface area contributed by atoms with Crippen molar-refractivity contribution >= 4 is 28.7 Å². The van der Waals surface area contributed by atoms with Gasteiger partial charge in [-0.15, -0.1) is 0 Å². The minimum absolute atomic E-state index is 0.413. The fraction of sp³-hybridized carbons (Fsp3) is 0.0455. The normalized spacial score (nSPS) is 10.8. The third-order valence-electron chi connectivity index (χ3n) is 4.54. The first-order valence-corrected chi connectivity index (χ1v) is 9.48. The van der Waals surface area contributed by atoms with E-state index in [2.05, 4.69) is 42.7 Å². The molecule has 0 unspecified atom stereocenters. The Morgan fingerprint density at radius 2 is 1.63 bits per heavy atom. The fourth-order valence-corrected chi connectivity index (χ4v) is 3.12. The molecule has 0 aliphatic heterocycles. The molecule has 0 saturated carbocycles. The van der Waals surface area contributed by atoms with Gasteiger partial charge in [-0.05, 0) is 17.7 Å². The van der Waals surface area contributed by atoms with Crippen LogP contribution >= 0.6 is 0 Å². The molecule has 0 radical (unpaired) electrons. The van der Waals surface area contributed by atoms with E-state index < -0.39 is 0 Å².